The second-order valence-corrected chi connectivity index (χ2v) is 4.83. The number of hydrogen-bond donors (Lipinski definition) is 1. The maximum atomic E-state index is 6.46. The summed E-state index contributed by atoms with van der Waals surface area (Å²) in [4.78, 5) is 0. The van der Waals surface area contributed by atoms with Crippen molar-refractivity contribution in [1.82, 2.24) is 10.2 Å². The van der Waals surface area contributed by atoms with Crippen molar-refractivity contribution in [3.8, 4) is 11.5 Å². The van der Waals surface area contributed by atoms with Gasteiger partial charge in [0.25, 0.3) is 0 Å². The summed E-state index contributed by atoms with van der Waals surface area (Å²) in [5, 5.41) is 8.34. The maximum Gasteiger partial charge on any atom is 0.124 e. The van der Waals surface area contributed by atoms with Gasteiger partial charge < -0.3 is 15.2 Å². The molecule has 1 heterocycles. The molecule has 2 aromatic rings. The normalized spacial score (nSPS) is 12.0. The molecule has 0 fully saturated rings. The Hall–Kier alpha value is -2.14. The van der Waals surface area contributed by atoms with Gasteiger partial charge in [-0.1, -0.05) is 6.92 Å². The molecule has 0 saturated heterocycles. The summed E-state index contributed by atoms with van der Waals surface area (Å²) in [5.74, 6) is 1.48. The zero-order chi connectivity index (χ0) is 15.4. The Labute approximate surface area is 125 Å². The van der Waals surface area contributed by atoms with Gasteiger partial charge in [0.2, 0.25) is 0 Å². The highest BCUT2D eigenvalue weighted by atomic mass is 16.5. The third kappa shape index (κ3) is 3.13. The lowest BCUT2D eigenvalue weighted by atomic mass is 9.96. The minimum Gasteiger partial charge on any atom is -0.497 e. The topological polar surface area (TPSA) is 70.3 Å². The number of methoxy groups -OCH3 is 2. The second kappa shape index (κ2) is 6.54. The molecule has 1 aromatic carbocycles. The molecule has 1 atom stereocenters. The van der Waals surface area contributed by atoms with E-state index < -0.39 is 0 Å². The molecule has 2 N–H and O–H groups in total. The lowest BCUT2D eigenvalue weighted by Gasteiger charge is -2.19. The summed E-state index contributed by atoms with van der Waals surface area (Å²) >= 11 is 0. The van der Waals surface area contributed by atoms with Crippen molar-refractivity contribution in [3.05, 3.63) is 46.8 Å². The summed E-state index contributed by atoms with van der Waals surface area (Å²) in [5.41, 5.74) is 10.0. The number of nitrogens with zero attached hydrogens (tertiary/aromatic N) is 2. The summed E-state index contributed by atoms with van der Waals surface area (Å²) < 4.78 is 10.7. The largest absolute Gasteiger partial charge is 0.497 e. The van der Waals surface area contributed by atoms with Crippen LogP contribution in [0.2, 0.25) is 0 Å². The number of benzene rings is 1. The lowest BCUT2D eigenvalue weighted by Crippen LogP contribution is -2.17. The van der Waals surface area contributed by atoms with Crippen LogP contribution < -0.4 is 15.2 Å². The predicted molar refractivity (Wildman–Crippen MR) is 81.7 cm³/mol. The molecular formula is C16H21N3O2. The molecule has 1 unspecified atom stereocenters. The van der Waals surface area contributed by atoms with Crippen LogP contribution in [-0.4, -0.2) is 24.4 Å². The van der Waals surface area contributed by atoms with Crippen molar-refractivity contribution in [3.63, 3.8) is 0 Å². The summed E-state index contributed by atoms with van der Waals surface area (Å²) in [6.07, 6.45) is 0.780. The second-order valence-electron chi connectivity index (χ2n) is 4.83. The van der Waals surface area contributed by atoms with E-state index in [4.69, 9.17) is 15.2 Å². The van der Waals surface area contributed by atoms with E-state index in [2.05, 4.69) is 10.2 Å². The zero-order valence-corrected chi connectivity index (χ0v) is 12.9. The summed E-state index contributed by atoms with van der Waals surface area (Å²) in [6.45, 7) is 3.95. The van der Waals surface area contributed by atoms with Gasteiger partial charge in [-0.15, -0.1) is 0 Å². The van der Waals surface area contributed by atoms with Crippen molar-refractivity contribution < 1.29 is 9.47 Å². The molecule has 0 amide bonds. The monoisotopic (exact) mass is 287 g/mol. The van der Waals surface area contributed by atoms with Gasteiger partial charge in [-0.3, -0.25) is 0 Å². The Morgan fingerprint density at radius 1 is 1.10 bits per heavy atom. The standard InChI is InChI=1S/C16H21N3O2/c1-5-14-12(8-10(2)18-19-14)16(17)13-9-11(20-3)6-7-15(13)21-4/h6-9,16H,5,17H2,1-4H3. The van der Waals surface area contributed by atoms with Gasteiger partial charge in [0.15, 0.2) is 0 Å². The van der Waals surface area contributed by atoms with Crippen LogP contribution in [-0.2, 0) is 6.42 Å². The first kappa shape index (κ1) is 15.3. The van der Waals surface area contributed by atoms with Crippen LogP contribution in [0.4, 0.5) is 0 Å². The van der Waals surface area contributed by atoms with E-state index in [1.54, 1.807) is 14.2 Å². The SMILES string of the molecule is CCc1nnc(C)cc1C(N)c1cc(OC)ccc1OC. The zero-order valence-electron chi connectivity index (χ0n) is 12.9. The average Bonchev–Trinajstić information content (AvgIpc) is 2.53. The number of hydrogen-bond acceptors (Lipinski definition) is 5. The fraction of sp³-hybridized carbons (Fsp3) is 0.375. The van der Waals surface area contributed by atoms with Gasteiger partial charge in [0.1, 0.15) is 11.5 Å². The highest BCUT2D eigenvalue weighted by Gasteiger charge is 2.19. The Kier molecular flexibility index (Phi) is 4.75. The smallest absolute Gasteiger partial charge is 0.124 e. The molecule has 112 valence electrons. The molecule has 0 aliphatic heterocycles. The predicted octanol–water partition coefficient (Wildman–Crippen LogP) is 2.41. The first-order valence-corrected chi connectivity index (χ1v) is 6.91. The van der Waals surface area contributed by atoms with Crippen LogP contribution >= 0.6 is 0 Å². The lowest BCUT2D eigenvalue weighted by molar-refractivity contribution is 0.397. The fourth-order valence-electron chi connectivity index (χ4n) is 2.33. The van der Waals surface area contributed by atoms with Crippen LogP contribution in [0.1, 0.15) is 35.5 Å². The van der Waals surface area contributed by atoms with E-state index >= 15 is 0 Å². The third-order valence-corrected chi connectivity index (χ3v) is 3.47. The van der Waals surface area contributed by atoms with Crippen LogP contribution in [0.3, 0.4) is 0 Å². The number of ether oxygens (including phenoxy) is 2. The van der Waals surface area contributed by atoms with Crippen molar-refractivity contribution in [2.24, 2.45) is 5.73 Å². The third-order valence-electron chi connectivity index (χ3n) is 3.47. The van der Waals surface area contributed by atoms with E-state index in [0.29, 0.717) is 0 Å². The minimum atomic E-state index is -0.334. The van der Waals surface area contributed by atoms with E-state index in [-0.39, 0.29) is 6.04 Å². The number of aromatic nitrogens is 2. The van der Waals surface area contributed by atoms with Gasteiger partial charge >= 0.3 is 0 Å². The molecule has 2 rings (SSSR count). The molecule has 0 spiro atoms. The van der Waals surface area contributed by atoms with Crippen molar-refractivity contribution >= 4 is 0 Å². The van der Waals surface area contributed by atoms with Crippen LogP contribution in [0.25, 0.3) is 0 Å². The number of rotatable bonds is 5. The molecule has 0 radical (unpaired) electrons. The Balaban J connectivity index is 2.53. The van der Waals surface area contributed by atoms with Crippen molar-refractivity contribution in [2.75, 3.05) is 14.2 Å². The van der Waals surface area contributed by atoms with Gasteiger partial charge in [0.05, 0.1) is 31.6 Å². The first-order valence-electron chi connectivity index (χ1n) is 6.91. The molecule has 0 saturated carbocycles. The molecule has 0 aliphatic carbocycles. The highest BCUT2D eigenvalue weighted by molar-refractivity contribution is 5.46. The molecule has 5 nitrogen and oxygen atoms in total. The first-order chi connectivity index (χ1) is 10.1. The summed E-state index contributed by atoms with van der Waals surface area (Å²) in [7, 11) is 3.27. The molecular weight excluding hydrogens is 266 g/mol. The molecule has 5 heteroatoms. The summed E-state index contributed by atoms with van der Waals surface area (Å²) in [6, 6.07) is 7.26. The fourth-order valence-corrected chi connectivity index (χ4v) is 2.33. The van der Waals surface area contributed by atoms with Crippen LogP contribution in [0.5, 0.6) is 11.5 Å². The quantitative estimate of drug-likeness (QED) is 0.914. The van der Waals surface area contributed by atoms with E-state index in [0.717, 1.165) is 40.4 Å². The van der Waals surface area contributed by atoms with Gasteiger partial charge in [0, 0.05) is 5.56 Å². The molecule has 21 heavy (non-hydrogen) atoms. The van der Waals surface area contributed by atoms with Crippen molar-refractivity contribution in [2.45, 2.75) is 26.3 Å². The number of aryl methyl sites for hydroxylation is 2. The molecule has 0 aliphatic rings. The van der Waals surface area contributed by atoms with Crippen molar-refractivity contribution in [1.29, 1.82) is 0 Å². The van der Waals surface area contributed by atoms with E-state index in [9.17, 15) is 0 Å². The maximum absolute atomic E-state index is 6.46. The Bertz CT molecular complexity index is 629. The number of nitrogens with two attached hydrogens (primary N) is 1. The van der Waals surface area contributed by atoms with Gasteiger partial charge in [-0.2, -0.15) is 10.2 Å². The van der Waals surface area contributed by atoms with Gasteiger partial charge in [-0.05, 0) is 43.2 Å². The average molecular weight is 287 g/mol. The molecule has 0 bridgehead atoms. The van der Waals surface area contributed by atoms with E-state index in [1.807, 2.05) is 38.1 Å². The van der Waals surface area contributed by atoms with Crippen LogP contribution in [0.15, 0.2) is 24.3 Å². The molecule has 1 aromatic heterocycles. The highest BCUT2D eigenvalue weighted by Crippen LogP contribution is 2.32. The Morgan fingerprint density at radius 3 is 2.48 bits per heavy atom. The minimum absolute atomic E-state index is 0.334. The van der Waals surface area contributed by atoms with Gasteiger partial charge in [-0.25, -0.2) is 0 Å². The van der Waals surface area contributed by atoms with E-state index in [1.165, 1.54) is 0 Å². The Morgan fingerprint density at radius 2 is 1.86 bits per heavy atom. The van der Waals surface area contributed by atoms with Crippen LogP contribution in [0, 0.1) is 6.92 Å².